The molecular formula is C15H22N2O3. The molecule has 1 saturated heterocycles. The van der Waals surface area contributed by atoms with Crippen LogP contribution in [0.2, 0.25) is 0 Å². The molecule has 0 atom stereocenters. The molecule has 0 amide bonds. The summed E-state index contributed by atoms with van der Waals surface area (Å²) in [6, 6.07) is 8.14. The highest BCUT2D eigenvalue weighted by molar-refractivity contribution is 5.69. The molecule has 1 aromatic carbocycles. The number of hydrogen-bond donors (Lipinski definition) is 0. The van der Waals surface area contributed by atoms with Gasteiger partial charge in [0.15, 0.2) is 0 Å². The van der Waals surface area contributed by atoms with Crippen molar-refractivity contribution in [1.82, 2.24) is 4.90 Å². The molecule has 0 N–H and O–H groups in total. The van der Waals surface area contributed by atoms with E-state index in [4.69, 9.17) is 4.74 Å². The van der Waals surface area contributed by atoms with E-state index in [1.54, 1.807) is 7.11 Å². The van der Waals surface area contributed by atoms with Crippen molar-refractivity contribution in [2.24, 2.45) is 0 Å². The van der Waals surface area contributed by atoms with Gasteiger partial charge < -0.3 is 14.4 Å². The zero-order valence-electron chi connectivity index (χ0n) is 12.2. The van der Waals surface area contributed by atoms with Crippen LogP contribution in [0.1, 0.15) is 6.42 Å². The third-order valence-electron chi connectivity index (χ3n) is 3.67. The van der Waals surface area contributed by atoms with Crippen LogP contribution in [0.15, 0.2) is 24.3 Å². The second-order valence-corrected chi connectivity index (χ2v) is 4.85. The first-order chi connectivity index (χ1) is 9.72. The van der Waals surface area contributed by atoms with Gasteiger partial charge >= 0.3 is 5.97 Å². The number of carbonyl (C=O) groups is 1. The summed E-state index contributed by atoms with van der Waals surface area (Å²) in [7, 11) is 3.11. The first kappa shape index (κ1) is 14.7. The van der Waals surface area contributed by atoms with Crippen molar-refractivity contribution in [1.29, 1.82) is 0 Å². The largest absolute Gasteiger partial charge is 0.497 e. The summed E-state index contributed by atoms with van der Waals surface area (Å²) in [5.41, 5.74) is 1.22. The van der Waals surface area contributed by atoms with Gasteiger partial charge in [-0.2, -0.15) is 0 Å². The highest BCUT2D eigenvalue weighted by Crippen LogP contribution is 2.20. The number of hydrogen-bond acceptors (Lipinski definition) is 5. The number of nitrogens with zero attached hydrogens (tertiary/aromatic N) is 2. The molecule has 0 aliphatic carbocycles. The second kappa shape index (κ2) is 7.14. The summed E-state index contributed by atoms with van der Waals surface area (Å²) in [6.07, 6.45) is 0.471. The predicted octanol–water partition coefficient (Wildman–Crippen LogP) is 1.38. The number of anilines is 1. The minimum absolute atomic E-state index is 0.136. The fourth-order valence-corrected chi connectivity index (χ4v) is 2.37. The number of rotatable bonds is 5. The zero-order chi connectivity index (χ0) is 14.4. The van der Waals surface area contributed by atoms with E-state index < -0.39 is 0 Å². The maximum absolute atomic E-state index is 11.1. The summed E-state index contributed by atoms with van der Waals surface area (Å²) in [5.74, 6) is 0.744. The molecule has 2 rings (SSSR count). The molecule has 1 aromatic rings. The summed E-state index contributed by atoms with van der Waals surface area (Å²) in [5, 5.41) is 0. The summed E-state index contributed by atoms with van der Waals surface area (Å²) >= 11 is 0. The molecule has 110 valence electrons. The van der Waals surface area contributed by atoms with E-state index >= 15 is 0 Å². The van der Waals surface area contributed by atoms with Crippen LogP contribution >= 0.6 is 0 Å². The highest BCUT2D eigenvalue weighted by Gasteiger charge is 2.17. The van der Waals surface area contributed by atoms with Gasteiger partial charge in [0, 0.05) is 38.4 Å². The maximum atomic E-state index is 11.1. The Kier molecular flexibility index (Phi) is 5.24. The van der Waals surface area contributed by atoms with E-state index in [0.29, 0.717) is 6.42 Å². The number of methoxy groups -OCH3 is 2. The molecule has 0 unspecified atom stereocenters. The fourth-order valence-electron chi connectivity index (χ4n) is 2.37. The lowest BCUT2D eigenvalue weighted by molar-refractivity contribution is -0.141. The number of carbonyl (C=O) groups excluding carboxylic acids is 1. The number of piperazine rings is 1. The Morgan fingerprint density at radius 3 is 2.30 bits per heavy atom. The van der Waals surface area contributed by atoms with Crippen LogP contribution in [-0.2, 0) is 9.53 Å². The van der Waals surface area contributed by atoms with Gasteiger partial charge in [-0.05, 0) is 24.3 Å². The third-order valence-corrected chi connectivity index (χ3v) is 3.67. The van der Waals surface area contributed by atoms with Crippen LogP contribution in [0.5, 0.6) is 5.75 Å². The average molecular weight is 278 g/mol. The Morgan fingerprint density at radius 1 is 1.10 bits per heavy atom. The Hall–Kier alpha value is -1.75. The number of benzene rings is 1. The van der Waals surface area contributed by atoms with Gasteiger partial charge in [-0.3, -0.25) is 9.69 Å². The molecule has 1 fully saturated rings. The lowest BCUT2D eigenvalue weighted by Gasteiger charge is -2.36. The highest BCUT2D eigenvalue weighted by atomic mass is 16.5. The molecule has 1 aliphatic heterocycles. The van der Waals surface area contributed by atoms with Crippen LogP contribution in [0.3, 0.4) is 0 Å². The Morgan fingerprint density at radius 2 is 1.75 bits per heavy atom. The van der Waals surface area contributed by atoms with Crippen LogP contribution in [-0.4, -0.2) is 57.8 Å². The van der Waals surface area contributed by atoms with Crippen molar-refractivity contribution in [3.05, 3.63) is 24.3 Å². The summed E-state index contributed by atoms with van der Waals surface area (Å²) in [6.45, 7) is 4.69. The normalized spacial score (nSPS) is 16.0. The van der Waals surface area contributed by atoms with Crippen molar-refractivity contribution >= 4 is 11.7 Å². The fraction of sp³-hybridized carbons (Fsp3) is 0.533. The van der Waals surface area contributed by atoms with Gasteiger partial charge in [0.05, 0.1) is 20.6 Å². The second-order valence-electron chi connectivity index (χ2n) is 4.85. The van der Waals surface area contributed by atoms with Crippen LogP contribution < -0.4 is 9.64 Å². The van der Waals surface area contributed by atoms with E-state index in [2.05, 4.69) is 26.7 Å². The molecule has 5 nitrogen and oxygen atoms in total. The van der Waals surface area contributed by atoms with E-state index in [0.717, 1.165) is 38.5 Å². The SMILES string of the molecule is COC(=O)CCN1CCN(c2ccc(OC)cc2)CC1. The molecule has 0 saturated carbocycles. The van der Waals surface area contributed by atoms with E-state index in [9.17, 15) is 4.79 Å². The Balaban J connectivity index is 1.79. The topological polar surface area (TPSA) is 42.0 Å². The molecule has 1 aliphatic rings. The molecule has 0 bridgehead atoms. The van der Waals surface area contributed by atoms with E-state index in [1.807, 2.05) is 12.1 Å². The lowest BCUT2D eigenvalue weighted by Crippen LogP contribution is -2.46. The standard InChI is InChI=1S/C15H22N2O3/c1-19-14-5-3-13(4-6-14)17-11-9-16(10-12-17)8-7-15(18)20-2/h3-6H,7-12H2,1-2H3. The van der Waals surface area contributed by atoms with Gasteiger partial charge in [-0.1, -0.05) is 0 Å². The molecule has 0 aromatic heterocycles. The first-order valence-electron chi connectivity index (χ1n) is 6.91. The van der Waals surface area contributed by atoms with Gasteiger partial charge in [-0.15, -0.1) is 0 Å². The van der Waals surface area contributed by atoms with Crippen LogP contribution in [0.4, 0.5) is 5.69 Å². The maximum Gasteiger partial charge on any atom is 0.306 e. The Bertz CT molecular complexity index is 425. The molecule has 1 heterocycles. The lowest BCUT2D eigenvalue weighted by atomic mass is 10.2. The van der Waals surface area contributed by atoms with E-state index in [1.165, 1.54) is 12.8 Å². The van der Waals surface area contributed by atoms with Crippen molar-refractivity contribution in [3.8, 4) is 5.75 Å². The number of esters is 1. The van der Waals surface area contributed by atoms with Crippen molar-refractivity contribution < 1.29 is 14.3 Å². The number of ether oxygens (including phenoxy) is 2. The minimum atomic E-state index is -0.136. The molecular weight excluding hydrogens is 256 g/mol. The first-order valence-corrected chi connectivity index (χ1v) is 6.91. The van der Waals surface area contributed by atoms with Gasteiger partial charge in [0.1, 0.15) is 5.75 Å². The minimum Gasteiger partial charge on any atom is -0.497 e. The molecule has 5 heteroatoms. The van der Waals surface area contributed by atoms with Gasteiger partial charge in [-0.25, -0.2) is 0 Å². The van der Waals surface area contributed by atoms with Gasteiger partial charge in [0.25, 0.3) is 0 Å². The van der Waals surface area contributed by atoms with Crippen LogP contribution in [0, 0.1) is 0 Å². The monoisotopic (exact) mass is 278 g/mol. The van der Waals surface area contributed by atoms with E-state index in [-0.39, 0.29) is 5.97 Å². The summed E-state index contributed by atoms with van der Waals surface area (Å²) < 4.78 is 9.83. The predicted molar refractivity (Wildman–Crippen MR) is 78.3 cm³/mol. The summed E-state index contributed by atoms with van der Waals surface area (Å²) in [4.78, 5) is 15.8. The third kappa shape index (κ3) is 3.87. The quantitative estimate of drug-likeness (QED) is 0.761. The van der Waals surface area contributed by atoms with Crippen molar-refractivity contribution in [2.75, 3.05) is 51.8 Å². The van der Waals surface area contributed by atoms with Crippen molar-refractivity contribution in [2.45, 2.75) is 6.42 Å². The van der Waals surface area contributed by atoms with Gasteiger partial charge in [0.2, 0.25) is 0 Å². The van der Waals surface area contributed by atoms with Crippen LogP contribution in [0.25, 0.3) is 0 Å². The zero-order valence-corrected chi connectivity index (χ0v) is 12.2. The molecule has 0 spiro atoms. The average Bonchev–Trinajstić information content (AvgIpc) is 2.53. The smallest absolute Gasteiger partial charge is 0.306 e. The molecule has 0 radical (unpaired) electrons. The molecule has 20 heavy (non-hydrogen) atoms. The van der Waals surface area contributed by atoms with Crippen molar-refractivity contribution in [3.63, 3.8) is 0 Å². The Labute approximate surface area is 120 Å².